The molecule has 5 nitrogen and oxygen atoms in total. The summed E-state index contributed by atoms with van der Waals surface area (Å²) >= 11 is 0. The smallest absolute Gasteiger partial charge is 0.254 e. The number of hydrogen-bond acceptors (Lipinski definition) is 3. The van der Waals surface area contributed by atoms with Crippen molar-refractivity contribution in [1.29, 1.82) is 0 Å². The Hall–Kier alpha value is -1.85. The molecule has 0 radical (unpaired) electrons. The molecule has 2 aliphatic heterocycles. The van der Waals surface area contributed by atoms with Crippen LogP contribution in [0.1, 0.15) is 76.2 Å². The molecule has 1 amide bonds. The van der Waals surface area contributed by atoms with Gasteiger partial charge in [0, 0.05) is 68.0 Å². The zero-order valence-corrected chi connectivity index (χ0v) is 22.4. The Labute approximate surface area is 207 Å². The van der Waals surface area contributed by atoms with E-state index in [0.29, 0.717) is 17.9 Å². The largest absolute Gasteiger partial charge is 0.347 e. The van der Waals surface area contributed by atoms with Gasteiger partial charge in [-0.3, -0.25) is 9.69 Å². The van der Waals surface area contributed by atoms with Crippen molar-refractivity contribution in [1.82, 2.24) is 19.3 Å². The van der Waals surface area contributed by atoms with Crippen LogP contribution >= 0.6 is 0 Å². The fourth-order valence-corrected chi connectivity index (χ4v) is 5.89. The maximum atomic E-state index is 13.4. The maximum Gasteiger partial charge on any atom is 0.254 e. The van der Waals surface area contributed by atoms with Crippen LogP contribution < -0.4 is 0 Å². The minimum atomic E-state index is 0.186. The van der Waals surface area contributed by atoms with E-state index in [1.807, 2.05) is 4.90 Å². The molecule has 4 rings (SSSR count). The van der Waals surface area contributed by atoms with Crippen molar-refractivity contribution in [2.75, 3.05) is 45.8 Å². The van der Waals surface area contributed by atoms with Gasteiger partial charge in [0.15, 0.2) is 0 Å². The van der Waals surface area contributed by atoms with E-state index in [9.17, 15) is 4.79 Å². The van der Waals surface area contributed by atoms with Crippen molar-refractivity contribution >= 4 is 16.8 Å². The second kappa shape index (κ2) is 10.8. The Kier molecular flexibility index (Phi) is 8.04. The summed E-state index contributed by atoms with van der Waals surface area (Å²) in [4.78, 5) is 20.5. The summed E-state index contributed by atoms with van der Waals surface area (Å²) < 4.78 is 2.42. The van der Waals surface area contributed by atoms with Gasteiger partial charge in [-0.15, -0.1) is 0 Å². The van der Waals surface area contributed by atoms with Gasteiger partial charge in [0.25, 0.3) is 5.91 Å². The Morgan fingerprint density at radius 1 is 0.882 bits per heavy atom. The summed E-state index contributed by atoms with van der Waals surface area (Å²) in [5, 5.41) is 1.35. The fourth-order valence-electron chi connectivity index (χ4n) is 5.89. The van der Waals surface area contributed by atoms with Gasteiger partial charge in [0.1, 0.15) is 0 Å². The molecular formula is C29H46N4O. The standard InChI is InChI=1S/C29H46N4O/c1-21(2)18-30-11-9-24(10-12-30)27-20-33(19-22(3)4)28-17-25(7-8-26(27)28)29(34)32-15-13-31(14-16-32)23(5)6/h7-8,17,20-24H,9-16,18-19H2,1-6H3. The van der Waals surface area contributed by atoms with Gasteiger partial charge in [-0.25, -0.2) is 0 Å². The molecule has 0 spiro atoms. The molecule has 1 aromatic carbocycles. The number of carbonyl (C=O) groups excluding carboxylic acids is 1. The van der Waals surface area contributed by atoms with E-state index in [1.165, 1.54) is 48.9 Å². The van der Waals surface area contributed by atoms with E-state index in [2.05, 4.69) is 80.3 Å². The number of aromatic nitrogens is 1. The molecular weight excluding hydrogens is 420 g/mol. The van der Waals surface area contributed by atoms with E-state index < -0.39 is 0 Å². The summed E-state index contributed by atoms with van der Waals surface area (Å²) in [6.07, 6.45) is 4.87. The third-order valence-corrected chi connectivity index (χ3v) is 7.70. The van der Waals surface area contributed by atoms with Crippen LogP contribution in [0.5, 0.6) is 0 Å². The van der Waals surface area contributed by atoms with Crippen molar-refractivity contribution in [3.8, 4) is 0 Å². The third kappa shape index (κ3) is 5.68. The van der Waals surface area contributed by atoms with E-state index in [4.69, 9.17) is 0 Å². The SMILES string of the molecule is CC(C)CN1CCC(c2cn(CC(C)C)c3cc(C(=O)N4CCN(C(C)C)CC4)ccc23)CC1. The molecule has 0 N–H and O–H groups in total. The van der Waals surface area contributed by atoms with Crippen molar-refractivity contribution in [2.24, 2.45) is 11.8 Å². The lowest BCUT2D eigenvalue weighted by Crippen LogP contribution is -2.50. The van der Waals surface area contributed by atoms with Crippen molar-refractivity contribution < 1.29 is 4.79 Å². The summed E-state index contributed by atoms with van der Waals surface area (Å²) in [6.45, 7) is 21.8. The van der Waals surface area contributed by atoms with Crippen LogP contribution in [0, 0.1) is 11.8 Å². The lowest BCUT2D eigenvalue weighted by atomic mass is 9.88. The van der Waals surface area contributed by atoms with Crippen molar-refractivity contribution in [3.05, 3.63) is 35.5 Å². The molecule has 1 aromatic heterocycles. The van der Waals surface area contributed by atoms with Crippen LogP contribution in [0.3, 0.4) is 0 Å². The van der Waals surface area contributed by atoms with Gasteiger partial charge in [0.05, 0.1) is 0 Å². The monoisotopic (exact) mass is 466 g/mol. The Morgan fingerprint density at radius 3 is 2.12 bits per heavy atom. The topological polar surface area (TPSA) is 31.7 Å². The fraction of sp³-hybridized carbons (Fsp3) is 0.690. The number of carbonyl (C=O) groups is 1. The number of likely N-dealkylation sites (tertiary alicyclic amines) is 1. The molecule has 0 aliphatic carbocycles. The van der Waals surface area contributed by atoms with Gasteiger partial charge in [-0.2, -0.15) is 0 Å². The van der Waals surface area contributed by atoms with Crippen molar-refractivity contribution in [2.45, 2.75) is 72.9 Å². The Morgan fingerprint density at radius 2 is 1.53 bits per heavy atom. The number of hydrogen-bond donors (Lipinski definition) is 0. The molecule has 0 atom stereocenters. The van der Waals surface area contributed by atoms with Gasteiger partial charge in [0.2, 0.25) is 0 Å². The third-order valence-electron chi connectivity index (χ3n) is 7.70. The first-order valence-electron chi connectivity index (χ1n) is 13.6. The Balaban J connectivity index is 1.55. The number of amides is 1. The molecule has 2 fully saturated rings. The highest BCUT2D eigenvalue weighted by Crippen LogP contribution is 2.35. The van der Waals surface area contributed by atoms with E-state index in [-0.39, 0.29) is 5.91 Å². The molecule has 0 saturated carbocycles. The predicted molar refractivity (Wildman–Crippen MR) is 143 cm³/mol. The molecule has 34 heavy (non-hydrogen) atoms. The van der Waals surface area contributed by atoms with Gasteiger partial charge in [-0.05, 0) is 75.2 Å². The number of benzene rings is 1. The quantitative estimate of drug-likeness (QED) is 0.555. The molecule has 2 aromatic rings. The summed E-state index contributed by atoms with van der Waals surface area (Å²) in [7, 11) is 0. The zero-order valence-electron chi connectivity index (χ0n) is 22.4. The average molecular weight is 467 g/mol. The average Bonchev–Trinajstić information content (AvgIpc) is 3.15. The lowest BCUT2D eigenvalue weighted by Gasteiger charge is -2.37. The van der Waals surface area contributed by atoms with Gasteiger partial charge in [-0.1, -0.05) is 33.8 Å². The molecule has 5 heteroatoms. The number of piperidine rings is 1. The van der Waals surface area contributed by atoms with Crippen LogP contribution in [-0.4, -0.2) is 77.0 Å². The van der Waals surface area contributed by atoms with E-state index >= 15 is 0 Å². The van der Waals surface area contributed by atoms with Crippen LogP contribution in [0.4, 0.5) is 0 Å². The van der Waals surface area contributed by atoms with Crippen LogP contribution in [0.15, 0.2) is 24.4 Å². The summed E-state index contributed by atoms with van der Waals surface area (Å²) in [5.74, 6) is 2.10. The normalized spacial score (nSPS) is 19.3. The molecule has 2 aliphatic rings. The van der Waals surface area contributed by atoms with Crippen molar-refractivity contribution in [3.63, 3.8) is 0 Å². The molecule has 2 saturated heterocycles. The Bertz CT molecular complexity index is 960. The highest BCUT2D eigenvalue weighted by atomic mass is 16.2. The van der Waals surface area contributed by atoms with Crippen LogP contribution in [0.2, 0.25) is 0 Å². The summed E-state index contributed by atoms with van der Waals surface area (Å²) in [5.41, 5.74) is 3.57. The highest BCUT2D eigenvalue weighted by Gasteiger charge is 2.26. The van der Waals surface area contributed by atoms with Crippen LogP contribution in [-0.2, 0) is 6.54 Å². The first-order chi connectivity index (χ1) is 16.2. The van der Waals surface area contributed by atoms with Gasteiger partial charge < -0.3 is 14.4 Å². The molecule has 188 valence electrons. The second-order valence-corrected chi connectivity index (χ2v) is 11.8. The minimum Gasteiger partial charge on any atom is -0.347 e. The van der Waals surface area contributed by atoms with Gasteiger partial charge >= 0.3 is 0 Å². The lowest BCUT2D eigenvalue weighted by molar-refractivity contribution is 0.0595. The predicted octanol–water partition coefficient (Wildman–Crippen LogP) is 5.30. The first kappa shape index (κ1) is 25.2. The minimum absolute atomic E-state index is 0.186. The number of piperazine rings is 1. The maximum absolute atomic E-state index is 13.4. The number of rotatable bonds is 7. The highest BCUT2D eigenvalue weighted by molar-refractivity contribution is 5.99. The molecule has 0 bridgehead atoms. The molecule has 0 unspecified atom stereocenters. The number of fused-ring (bicyclic) bond motifs is 1. The van der Waals surface area contributed by atoms with E-state index in [1.54, 1.807) is 0 Å². The second-order valence-electron chi connectivity index (χ2n) is 11.8. The first-order valence-corrected chi connectivity index (χ1v) is 13.6. The summed E-state index contributed by atoms with van der Waals surface area (Å²) in [6, 6.07) is 7.03. The zero-order chi connectivity index (χ0) is 24.4. The number of nitrogens with zero attached hydrogens (tertiary/aromatic N) is 4. The van der Waals surface area contributed by atoms with Crippen LogP contribution in [0.25, 0.3) is 10.9 Å². The van der Waals surface area contributed by atoms with E-state index in [0.717, 1.165) is 44.2 Å². The molecule has 3 heterocycles.